The van der Waals surface area contributed by atoms with Gasteiger partial charge in [0.25, 0.3) is 5.91 Å². The maximum Gasteiger partial charge on any atom is 0.322 e. The molecule has 3 amide bonds. The highest BCUT2D eigenvalue weighted by atomic mass is 32.2. The average Bonchev–Trinajstić information content (AvgIpc) is 3.34. The third kappa shape index (κ3) is 4.10. The molecule has 2 fully saturated rings. The summed E-state index contributed by atoms with van der Waals surface area (Å²) in [5.41, 5.74) is -0.192. The normalized spacial score (nSPS) is 23.4. The second-order valence-electron chi connectivity index (χ2n) is 7.54. The number of amides is 3. The fourth-order valence-electron chi connectivity index (χ4n) is 4.12. The first-order chi connectivity index (χ1) is 14.9. The Balaban J connectivity index is 1.44. The highest BCUT2D eigenvalue weighted by Gasteiger charge is 2.56. The fourth-order valence-corrected chi connectivity index (χ4v) is 5.88. The Kier molecular flexibility index (Phi) is 5.86. The van der Waals surface area contributed by atoms with Crippen LogP contribution in [0.5, 0.6) is 17.2 Å². The van der Waals surface area contributed by atoms with Crippen LogP contribution in [0.15, 0.2) is 47.4 Å². The van der Waals surface area contributed by atoms with Crippen molar-refractivity contribution < 1.29 is 28.0 Å². The van der Waals surface area contributed by atoms with Crippen LogP contribution in [0.4, 0.5) is 4.79 Å². The molecule has 1 aliphatic heterocycles. The van der Waals surface area contributed by atoms with Gasteiger partial charge in [-0.25, -0.2) is 4.79 Å². The van der Waals surface area contributed by atoms with Crippen molar-refractivity contribution >= 4 is 22.7 Å². The number of imide groups is 1. The van der Waals surface area contributed by atoms with E-state index in [1.807, 2.05) is 12.1 Å². The quantitative estimate of drug-likeness (QED) is 0.636. The van der Waals surface area contributed by atoms with Crippen molar-refractivity contribution in [3.05, 3.63) is 48.0 Å². The van der Waals surface area contributed by atoms with Gasteiger partial charge in [0.1, 0.15) is 29.4 Å². The molecule has 0 radical (unpaired) electrons. The zero-order valence-electron chi connectivity index (χ0n) is 17.3. The predicted molar refractivity (Wildman–Crippen MR) is 114 cm³/mol. The molecule has 1 saturated heterocycles. The molecule has 2 N–H and O–H groups in total. The van der Waals surface area contributed by atoms with E-state index in [4.69, 9.17) is 14.2 Å². The van der Waals surface area contributed by atoms with E-state index in [0.29, 0.717) is 41.6 Å². The van der Waals surface area contributed by atoms with Crippen LogP contribution in [0.25, 0.3) is 0 Å². The fraction of sp³-hybridized carbons (Fsp3) is 0.364. The number of ether oxygens (including phenoxy) is 3. The van der Waals surface area contributed by atoms with Crippen LogP contribution in [0.1, 0.15) is 24.8 Å². The summed E-state index contributed by atoms with van der Waals surface area (Å²) in [7, 11) is 1.74. The van der Waals surface area contributed by atoms with E-state index in [0.717, 1.165) is 12.0 Å². The van der Waals surface area contributed by atoms with Crippen LogP contribution < -0.4 is 24.8 Å². The lowest BCUT2D eigenvalue weighted by atomic mass is 9.98. The van der Waals surface area contributed by atoms with Gasteiger partial charge in [-0.05, 0) is 61.2 Å². The zero-order chi connectivity index (χ0) is 22.0. The van der Waals surface area contributed by atoms with Crippen molar-refractivity contribution in [2.75, 3.05) is 14.2 Å². The molecular formula is C22H24N2O6S. The Labute approximate surface area is 182 Å². The van der Waals surface area contributed by atoms with Gasteiger partial charge in [0.05, 0.1) is 30.3 Å². The standard InChI is InChI=1S/C22H24N2O6S/c1-28-16-10-14(11-17(12-16)29-2)13-30-15-5-7-18(8-6-15)31(27)19-4-3-9-22(19)20(25)23-21(26)24-22/h5-8,10-12,19H,3-4,9,13H2,1-2H3,(H2,23,24,25,26). The SMILES string of the molecule is COc1cc(COc2ccc(S(=O)C3CCCC34NC(=O)NC4=O)cc2)cc(OC)c1. The topological polar surface area (TPSA) is 103 Å². The maximum absolute atomic E-state index is 13.2. The van der Waals surface area contributed by atoms with Crippen molar-refractivity contribution in [1.29, 1.82) is 0 Å². The molecule has 1 spiro atoms. The Morgan fingerprint density at radius 3 is 2.29 bits per heavy atom. The second-order valence-corrected chi connectivity index (χ2v) is 9.17. The van der Waals surface area contributed by atoms with E-state index in [1.54, 1.807) is 44.6 Å². The van der Waals surface area contributed by atoms with Crippen molar-refractivity contribution in [2.24, 2.45) is 0 Å². The van der Waals surface area contributed by atoms with E-state index in [-0.39, 0.29) is 5.91 Å². The van der Waals surface area contributed by atoms with Gasteiger partial charge in [0.2, 0.25) is 0 Å². The summed E-state index contributed by atoms with van der Waals surface area (Å²) in [5, 5.41) is 4.53. The molecule has 4 rings (SSSR count). The van der Waals surface area contributed by atoms with Crippen LogP contribution in [0.2, 0.25) is 0 Å². The third-order valence-corrected chi connectivity index (χ3v) is 7.58. The summed E-state index contributed by atoms with van der Waals surface area (Å²) < 4.78 is 29.6. The van der Waals surface area contributed by atoms with Crippen molar-refractivity contribution in [1.82, 2.24) is 10.6 Å². The Bertz CT molecular complexity index is 1000. The Morgan fingerprint density at radius 2 is 1.71 bits per heavy atom. The molecule has 1 aliphatic carbocycles. The van der Waals surface area contributed by atoms with E-state index < -0.39 is 27.6 Å². The Hall–Kier alpha value is -3.07. The molecular weight excluding hydrogens is 420 g/mol. The summed E-state index contributed by atoms with van der Waals surface area (Å²) in [6.07, 6.45) is 1.83. The van der Waals surface area contributed by atoms with Crippen molar-refractivity contribution in [2.45, 2.75) is 41.6 Å². The summed E-state index contributed by atoms with van der Waals surface area (Å²) >= 11 is 0. The Morgan fingerprint density at radius 1 is 1.03 bits per heavy atom. The third-order valence-electron chi connectivity index (χ3n) is 5.69. The first kappa shape index (κ1) is 21.2. The minimum absolute atomic E-state index is 0.313. The lowest BCUT2D eigenvalue weighted by Gasteiger charge is -2.27. The predicted octanol–water partition coefficient (Wildman–Crippen LogP) is 2.52. The van der Waals surface area contributed by atoms with E-state index in [9.17, 15) is 13.8 Å². The molecule has 31 heavy (non-hydrogen) atoms. The zero-order valence-corrected chi connectivity index (χ0v) is 18.1. The number of hydrogen-bond donors (Lipinski definition) is 2. The number of carbonyl (C=O) groups is 2. The highest BCUT2D eigenvalue weighted by molar-refractivity contribution is 7.85. The van der Waals surface area contributed by atoms with Crippen LogP contribution in [0, 0.1) is 0 Å². The van der Waals surface area contributed by atoms with E-state index >= 15 is 0 Å². The van der Waals surface area contributed by atoms with Gasteiger partial charge in [0.15, 0.2) is 0 Å². The molecule has 2 aromatic rings. The molecule has 3 atom stereocenters. The molecule has 1 saturated carbocycles. The largest absolute Gasteiger partial charge is 0.497 e. The van der Waals surface area contributed by atoms with Crippen LogP contribution in [0.3, 0.4) is 0 Å². The number of nitrogens with one attached hydrogen (secondary N) is 2. The minimum Gasteiger partial charge on any atom is -0.497 e. The van der Waals surface area contributed by atoms with Gasteiger partial charge < -0.3 is 19.5 Å². The van der Waals surface area contributed by atoms with Crippen LogP contribution in [-0.2, 0) is 22.2 Å². The van der Waals surface area contributed by atoms with Crippen molar-refractivity contribution in [3.63, 3.8) is 0 Å². The number of hydrogen-bond acceptors (Lipinski definition) is 6. The highest BCUT2D eigenvalue weighted by Crippen LogP contribution is 2.38. The van der Waals surface area contributed by atoms with Gasteiger partial charge in [0, 0.05) is 11.0 Å². The summed E-state index contributed by atoms with van der Waals surface area (Å²) in [6.45, 7) is 0.313. The molecule has 3 unspecified atom stereocenters. The number of methoxy groups -OCH3 is 2. The monoisotopic (exact) mass is 444 g/mol. The van der Waals surface area contributed by atoms with Crippen LogP contribution >= 0.6 is 0 Å². The summed E-state index contributed by atoms with van der Waals surface area (Å²) in [6, 6.07) is 12.0. The van der Waals surface area contributed by atoms with Gasteiger partial charge in [-0.15, -0.1) is 0 Å². The lowest BCUT2D eigenvalue weighted by molar-refractivity contribution is -0.123. The smallest absolute Gasteiger partial charge is 0.322 e. The lowest BCUT2D eigenvalue weighted by Crippen LogP contribution is -2.54. The molecule has 0 aromatic heterocycles. The summed E-state index contributed by atoms with van der Waals surface area (Å²) in [5.74, 6) is 1.59. The maximum atomic E-state index is 13.2. The first-order valence-corrected chi connectivity index (χ1v) is 11.2. The molecule has 0 bridgehead atoms. The number of urea groups is 1. The second kappa shape index (κ2) is 8.58. The minimum atomic E-state index is -1.44. The molecule has 164 valence electrons. The molecule has 8 nitrogen and oxygen atoms in total. The van der Waals surface area contributed by atoms with Gasteiger partial charge in [-0.3, -0.25) is 14.3 Å². The molecule has 9 heteroatoms. The van der Waals surface area contributed by atoms with Crippen molar-refractivity contribution in [3.8, 4) is 17.2 Å². The molecule has 2 aliphatic rings. The molecule has 1 heterocycles. The van der Waals surface area contributed by atoms with Gasteiger partial charge >= 0.3 is 6.03 Å². The number of benzene rings is 2. The summed E-state index contributed by atoms with van der Waals surface area (Å²) in [4.78, 5) is 24.6. The van der Waals surface area contributed by atoms with Gasteiger partial charge in [-0.2, -0.15) is 0 Å². The van der Waals surface area contributed by atoms with E-state index in [2.05, 4.69) is 10.6 Å². The van der Waals surface area contributed by atoms with Crippen LogP contribution in [-0.4, -0.2) is 41.2 Å². The molecule has 2 aromatic carbocycles. The average molecular weight is 445 g/mol. The number of rotatable bonds is 7. The van der Waals surface area contributed by atoms with E-state index in [1.165, 1.54) is 0 Å². The van der Waals surface area contributed by atoms with Gasteiger partial charge in [-0.1, -0.05) is 0 Å². The number of carbonyl (C=O) groups excluding carboxylic acids is 2. The first-order valence-electron chi connectivity index (χ1n) is 9.94.